The predicted molar refractivity (Wildman–Crippen MR) is 92.5 cm³/mol. The number of allylic oxidation sites excluding steroid dienone is 2. The molecule has 0 atom stereocenters. The number of aryl methyl sites for hydroxylation is 2. The molecule has 0 heterocycles. The lowest BCUT2D eigenvalue weighted by Gasteiger charge is -2.07. The molecule has 0 saturated heterocycles. The first-order valence-electron chi connectivity index (χ1n) is 7.17. The van der Waals surface area contributed by atoms with E-state index in [4.69, 9.17) is 0 Å². The summed E-state index contributed by atoms with van der Waals surface area (Å²) in [7, 11) is 0. The van der Waals surface area contributed by atoms with Gasteiger partial charge in [-0.25, -0.2) is 0 Å². The molecule has 0 aliphatic heterocycles. The molecule has 2 nitrogen and oxygen atoms in total. The normalized spacial score (nSPS) is 12.4. The lowest BCUT2D eigenvalue weighted by atomic mass is 10.2. The van der Waals surface area contributed by atoms with E-state index in [0.717, 1.165) is 22.8 Å². The van der Waals surface area contributed by atoms with E-state index < -0.39 is 0 Å². The molecule has 2 aromatic rings. The van der Waals surface area contributed by atoms with Crippen LogP contribution < -0.4 is 5.32 Å². The molecule has 0 radical (unpaired) electrons. The summed E-state index contributed by atoms with van der Waals surface area (Å²) in [6.45, 7) is 8.23. The largest absolute Gasteiger partial charge is 0.359 e. The maximum absolute atomic E-state index is 4.60. The molecule has 0 bridgehead atoms. The van der Waals surface area contributed by atoms with Crippen LogP contribution >= 0.6 is 0 Å². The zero-order valence-electron chi connectivity index (χ0n) is 13.1. The van der Waals surface area contributed by atoms with Crippen molar-refractivity contribution < 1.29 is 0 Å². The van der Waals surface area contributed by atoms with Crippen LogP contribution in [0.15, 0.2) is 65.3 Å². The highest BCUT2D eigenvalue weighted by molar-refractivity contribution is 5.95. The smallest absolute Gasteiger partial charge is 0.0633 e. The van der Waals surface area contributed by atoms with Crippen LogP contribution in [0.1, 0.15) is 25.0 Å². The van der Waals surface area contributed by atoms with E-state index in [1.54, 1.807) is 0 Å². The van der Waals surface area contributed by atoms with Gasteiger partial charge in [-0.2, -0.15) is 0 Å². The molecule has 0 fully saturated rings. The topological polar surface area (TPSA) is 24.4 Å². The van der Waals surface area contributed by atoms with E-state index in [1.807, 2.05) is 26.0 Å². The van der Waals surface area contributed by atoms with Crippen LogP contribution in [0, 0.1) is 13.8 Å². The van der Waals surface area contributed by atoms with Crippen molar-refractivity contribution in [2.45, 2.75) is 27.7 Å². The monoisotopic (exact) mass is 278 g/mol. The van der Waals surface area contributed by atoms with Gasteiger partial charge in [0.1, 0.15) is 0 Å². The maximum Gasteiger partial charge on any atom is 0.0633 e. The Balaban J connectivity index is 2.06. The maximum atomic E-state index is 4.60. The van der Waals surface area contributed by atoms with Crippen LogP contribution in [0.2, 0.25) is 0 Å². The van der Waals surface area contributed by atoms with Crippen molar-refractivity contribution in [3.05, 3.63) is 71.4 Å². The van der Waals surface area contributed by atoms with Crippen LogP contribution in [0.25, 0.3) is 0 Å². The average molecular weight is 278 g/mol. The minimum Gasteiger partial charge on any atom is -0.359 e. The summed E-state index contributed by atoms with van der Waals surface area (Å²) in [4.78, 5) is 4.60. The van der Waals surface area contributed by atoms with Gasteiger partial charge in [-0.1, -0.05) is 35.4 Å². The first kappa shape index (κ1) is 15.0. The van der Waals surface area contributed by atoms with Gasteiger partial charge in [0.15, 0.2) is 0 Å². The summed E-state index contributed by atoms with van der Waals surface area (Å²) >= 11 is 0. The first-order chi connectivity index (χ1) is 10.0. The van der Waals surface area contributed by atoms with Crippen LogP contribution in [0.5, 0.6) is 0 Å². The standard InChI is InChI=1S/C19H22N2/c1-14-5-9-18(10-6-14)20-16(3)13-17(4)21-19-11-7-15(2)8-12-19/h5-13,20H,1-4H3/b16-13-,21-17?. The third kappa shape index (κ3) is 4.92. The van der Waals surface area contributed by atoms with Crippen molar-refractivity contribution in [2.24, 2.45) is 4.99 Å². The molecule has 0 aromatic heterocycles. The predicted octanol–water partition coefficient (Wildman–Crippen LogP) is 5.41. The van der Waals surface area contributed by atoms with Crippen molar-refractivity contribution in [3.63, 3.8) is 0 Å². The number of nitrogens with one attached hydrogen (secondary N) is 1. The molecule has 21 heavy (non-hydrogen) atoms. The number of anilines is 1. The Bertz CT molecular complexity index is 647. The van der Waals surface area contributed by atoms with Gasteiger partial charge < -0.3 is 5.32 Å². The molecule has 1 N–H and O–H groups in total. The van der Waals surface area contributed by atoms with Gasteiger partial charge >= 0.3 is 0 Å². The lowest BCUT2D eigenvalue weighted by Crippen LogP contribution is -1.98. The van der Waals surface area contributed by atoms with Crippen molar-refractivity contribution >= 4 is 17.1 Å². The quantitative estimate of drug-likeness (QED) is 0.743. The number of rotatable bonds is 4. The fraction of sp³-hybridized carbons (Fsp3) is 0.211. The molecule has 0 aliphatic rings. The SMILES string of the molecule is CC(/C=C(/C)Nc1ccc(C)cc1)=Nc1ccc(C)cc1. The van der Waals surface area contributed by atoms with Crippen molar-refractivity contribution in [1.82, 2.24) is 0 Å². The summed E-state index contributed by atoms with van der Waals surface area (Å²) in [5, 5.41) is 3.38. The van der Waals surface area contributed by atoms with E-state index in [9.17, 15) is 0 Å². The third-order valence-electron chi connectivity index (χ3n) is 3.16. The molecule has 2 rings (SSSR count). The highest BCUT2D eigenvalue weighted by atomic mass is 14.9. The van der Waals surface area contributed by atoms with E-state index in [0.29, 0.717) is 0 Å². The van der Waals surface area contributed by atoms with E-state index >= 15 is 0 Å². The summed E-state index contributed by atoms with van der Waals surface area (Å²) in [5.41, 5.74) is 6.65. The Morgan fingerprint density at radius 1 is 0.857 bits per heavy atom. The fourth-order valence-electron chi connectivity index (χ4n) is 2.07. The zero-order valence-corrected chi connectivity index (χ0v) is 13.1. The van der Waals surface area contributed by atoms with Crippen molar-refractivity contribution in [1.29, 1.82) is 0 Å². The lowest BCUT2D eigenvalue weighted by molar-refractivity contribution is 1.36. The Kier molecular flexibility index (Phi) is 4.94. The zero-order chi connectivity index (χ0) is 15.2. The molecule has 0 amide bonds. The van der Waals surface area contributed by atoms with Gasteiger partial charge in [-0.3, -0.25) is 4.99 Å². The van der Waals surface area contributed by atoms with Gasteiger partial charge in [0.25, 0.3) is 0 Å². The minimum absolute atomic E-state index is 0.982. The van der Waals surface area contributed by atoms with Crippen molar-refractivity contribution in [3.8, 4) is 0 Å². The second kappa shape index (κ2) is 6.89. The second-order valence-corrected chi connectivity index (χ2v) is 5.41. The summed E-state index contributed by atoms with van der Waals surface area (Å²) in [6, 6.07) is 16.6. The molecule has 2 heteroatoms. The van der Waals surface area contributed by atoms with Crippen LogP contribution in [-0.2, 0) is 0 Å². The van der Waals surface area contributed by atoms with E-state index in [2.05, 4.69) is 66.6 Å². The number of hydrogen-bond donors (Lipinski definition) is 1. The molecular formula is C19H22N2. The van der Waals surface area contributed by atoms with E-state index in [1.165, 1.54) is 11.1 Å². The molecule has 108 valence electrons. The Morgan fingerprint density at radius 3 is 1.95 bits per heavy atom. The molecule has 0 aliphatic carbocycles. The van der Waals surface area contributed by atoms with Crippen LogP contribution in [-0.4, -0.2) is 5.71 Å². The number of hydrogen-bond acceptors (Lipinski definition) is 2. The Hall–Kier alpha value is -2.35. The number of aliphatic imine (C=N–C) groups is 1. The summed E-state index contributed by atoms with van der Waals surface area (Å²) in [6.07, 6.45) is 2.06. The Morgan fingerprint density at radius 2 is 1.38 bits per heavy atom. The molecular weight excluding hydrogens is 256 g/mol. The van der Waals surface area contributed by atoms with E-state index in [-0.39, 0.29) is 0 Å². The van der Waals surface area contributed by atoms with Gasteiger partial charge in [0.05, 0.1) is 5.69 Å². The Labute approximate surface area is 127 Å². The highest BCUT2D eigenvalue weighted by Crippen LogP contribution is 2.14. The van der Waals surface area contributed by atoms with Gasteiger partial charge in [-0.05, 0) is 58.0 Å². The van der Waals surface area contributed by atoms with Crippen molar-refractivity contribution in [2.75, 3.05) is 5.32 Å². The summed E-state index contributed by atoms with van der Waals surface area (Å²) in [5.74, 6) is 0. The molecule has 0 saturated carbocycles. The number of nitrogens with zero attached hydrogens (tertiary/aromatic N) is 1. The first-order valence-corrected chi connectivity index (χ1v) is 7.17. The third-order valence-corrected chi connectivity index (χ3v) is 3.16. The number of benzene rings is 2. The van der Waals surface area contributed by atoms with Crippen LogP contribution in [0.4, 0.5) is 11.4 Å². The average Bonchev–Trinajstić information content (AvgIpc) is 2.44. The minimum atomic E-state index is 0.982. The molecule has 0 spiro atoms. The van der Waals surface area contributed by atoms with Gasteiger partial charge in [-0.15, -0.1) is 0 Å². The second-order valence-electron chi connectivity index (χ2n) is 5.41. The van der Waals surface area contributed by atoms with Gasteiger partial charge in [0, 0.05) is 17.1 Å². The highest BCUT2D eigenvalue weighted by Gasteiger charge is 1.95. The molecule has 2 aromatic carbocycles. The summed E-state index contributed by atoms with van der Waals surface area (Å²) < 4.78 is 0. The molecule has 0 unspecified atom stereocenters. The fourth-order valence-corrected chi connectivity index (χ4v) is 2.07. The van der Waals surface area contributed by atoms with Gasteiger partial charge in [0.2, 0.25) is 0 Å². The van der Waals surface area contributed by atoms with Crippen LogP contribution in [0.3, 0.4) is 0 Å².